The Labute approximate surface area is 168 Å². The molecule has 1 aliphatic heterocycles. The van der Waals surface area contributed by atoms with Crippen LogP contribution in [0.2, 0.25) is 0 Å². The zero-order valence-electron chi connectivity index (χ0n) is 16.8. The third kappa shape index (κ3) is 4.01. The number of hydrogen-bond acceptors (Lipinski definition) is 3. The second kappa shape index (κ2) is 7.70. The van der Waals surface area contributed by atoms with Crippen LogP contribution in [-0.4, -0.2) is 29.3 Å². The van der Waals surface area contributed by atoms with Gasteiger partial charge in [-0.15, -0.1) is 0 Å². The van der Waals surface area contributed by atoms with E-state index in [-0.39, 0.29) is 17.8 Å². The fourth-order valence-electron chi connectivity index (χ4n) is 3.84. The van der Waals surface area contributed by atoms with Crippen LogP contribution in [-0.2, 0) is 11.3 Å². The van der Waals surface area contributed by atoms with Crippen molar-refractivity contribution in [2.45, 2.75) is 39.7 Å². The summed E-state index contributed by atoms with van der Waals surface area (Å²) in [5, 5.41) is 8.15. The van der Waals surface area contributed by atoms with Crippen LogP contribution in [0.3, 0.4) is 0 Å². The summed E-state index contributed by atoms with van der Waals surface area (Å²) >= 11 is 0. The lowest BCUT2D eigenvalue weighted by molar-refractivity contribution is 0.0751. The van der Waals surface area contributed by atoms with Gasteiger partial charge in [0, 0.05) is 23.7 Å². The molecule has 0 aliphatic carbocycles. The Morgan fingerprint density at radius 1 is 1.24 bits per heavy atom. The van der Waals surface area contributed by atoms with Crippen LogP contribution in [0.4, 0.5) is 4.39 Å². The van der Waals surface area contributed by atoms with E-state index in [9.17, 15) is 9.18 Å². The van der Waals surface area contributed by atoms with Gasteiger partial charge in [-0.2, -0.15) is 0 Å². The number of oxime groups is 1. The van der Waals surface area contributed by atoms with E-state index < -0.39 is 0 Å². The van der Waals surface area contributed by atoms with E-state index in [0.29, 0.717) is 25.1 Å². The van der Waals surface area contributed by atoms with Crippen molar-refractivity contribution in [2.75, 3.05) is 6.54 Å². The smallest absolute Gasteiger partial charge is 0.268 e. The molecule has 1 aliphatic rings. The van der Waals surface area contributed by atoms with E-state index in [2.05, 4.69) is 34.5 Å². The molecule has 0 spiro atoms. The van der Waals surface area contributed by atoms with E-state index in [1.165, 1.54) is 17.7 Å². The first-order valence-electron chi connectivity index (χ1n) is 9.74. The van der Waals surface area contributed by atoms with Gasteiger partial charge >= 0.3 is 0 Å². The molecule has 2 N–H and O–H groups in total. The molecule has 1 amide bonds. The van der Waals surface area contributed by atoms with Crippen LogP contribution in [0, 0.1) is 26.6 Å². The Bertz CT molecular complexity index is 1100. The highest BCUT2D eigenvalue weighted by atomic mass is 19.1. The SMILES string of the molecule is Cc1cc(C)c2[nH]c(C(=O)NC[C@H]3CC(Cc4ccc(F)cc4)=NO3)c(C)c2c1. The molecule has 5 nitrogen and oxygen atoms in total. The van der Waals surface area contributed by atoms with Gasteiger partial charge in [0.25, 0.3) is 5.91 Å². The molecule has 150 valence electrons. The van der Waals surface area contributed by atoms with Gasteiger partial charge in [0.2, 0.25) is 0 Å². The average molecular weight is 393 g/mol. The molecule has 1 atom stereocenters. The molecular formula is C23H24FN3O2. The lowest BCUT2D eigenvalue weighted by Gasteiger charge is -2.09. The van der Waals surface area contributed by atoms with Crippen molar-refractivity contribution in [2.24, 2.45) is 5.16 Å². The van der Waals surface area contributed by atoms with Crippen molar-refractivity contribution in [3.8, 4) is 0 Å². The van der Waals surface area contributed by atoms with Crippen LogP contribution in [0.1, 0.15) is 39.2 Å². The summed E-state index contributed by atoms with van der Waals surface area (Å²) in [5.41, 5.74) is 6.71. The molecule has 0 fully saturated rings. The number of aryl methyl sites for hydroxylation is 3. The van der Waals surface area contributed by atoms with Crippen LogP contribution in [0.25, 0.3) is 10.9 Å². The number of rotatable bonds is 5. The van der Waals surface area contributed by atoms with Crippen LogP contribution >= 0.6 is 0 Å². The number of nitrogens with one attached hydrogen (secondary N) is 2. The highest BCUT2D eigenvalue weighted by molar-refractivity contribution is 6.01. The molecule has 0 unspecified atom stereocenters. The summed E-state index contributed by atoms with van der Waals surface area (Å²) in [6.07, 6.45) is 1.06. The first kappa shape index (κ1) is 19.2. The number of amides is 1. The zero-order valence-corrected chi connectivity index (χ0v) is 16.8. The van der Waals surface area contributed by atoms with Crippen molar-refractivity contribution in [1.82, 2.24) is 10.3 Å². The summed E-state index contributed by atoms with van der Waals surface area (Å²) in [7, 11) is 0. The maximum absolute atomic E-state index is 13.0. The number of hydrogen-bond donors (Lipinski definition) is 2. The maximum Gasteiger partial charge on any atom is 0.268 e. The van der Waals surface area contributed by atoms with Crippen molar-refractivity contribution in [3.63, 3.8) is 0 Å². The normalized spacial score (nSPS) is 16.0. The van der Waals surface area contributed by atoms with Gasteiger partial charge in [0.15, 0.2) is 0 Å². The number of carbonyl (C=O) groups excluding carboxylic acids is 1. The fourth-order valence-corrected chi connectivity index (χ4v) is 3.84. The summed E-state index contributed by atoms with van der Waals surface area (Å²) < 4.78 is 13.0. The van der Waals surface area contributed by atoms with Gasteiger partial charge < -0.3 is 15.1 Å². The maximum atomic E-state index is 13.0. The van der Waals surface area contributed by atoms with E-state index in [4.69, 9.17) is 4.84 Å². The molecule has 3 aromatic rings. The predicted molar refractivity (Wildman–Crippen MR) is 112 cm³/mol. The second-order valence-corrected chi connectivity index (χ2v) is 7.73. The fraction of sp³-hybridized carbons (Fsp3) is 0.304. The molecule has 0 bridgehead atoms. The molecule has 0 saturated carbocycles. The minimum Gasteiger partial charge on any atom is -0.390 e. The number of carbonyl (C=O) groups is 1. The Morgan fingerprint density at radius 2 is 2.00 bits per heavy atom. The molecular weight excluding hydrogens is 369 g/mol. The number of halogens is 1. The van der Waals surface area contributed by atoms with Gasteiger partial charge in [0.1, 0.15) is 17.6 Å². The summed E-state index contributed by atoms with van der Waals surface area (Å²) in [4.78, 5) is 21.5. The number of aromatic nitrogens is 1. The van der Waals surface area contributed by atoms with Crippen molar-refractivity contribution in [3.05, 3.63) is 70.2 Å². The van der Waals surface area contributed by atoms with Gasteiger partial charge in [-0.3, -0.25) is 4.79 Å². The van der Waals surface area contributed by atoms with Gasteiger partial charge in [-0.1, -0.05) is 28.9 Å². The molecule has 0 saturated heterocycles. The summed E-state index contributed by atoms with van der Waals surface area (Å²) in [5.74, 6) is -0.400. The first-order valence-corrected chi connectivity index (χ1v) is 9.74. The first-order chi connectivity index (χ1) is 13.9. The third-order valence-electron chi connectivity index (χ3n) is 5.34. The molecule has 4 rings (SSSR count). The predicted octanol–water partition coefficient (Wildman–Crippen LogP) is 4.35. The topological polar surface area (TPSA) is 66.5 Å². The minimum absolute atomic E-state index is 0.147. The highest BCUT2D eigenvalue weighted by Crippen LogP contribution is 2.26. The Kier molecular flexibility index (Phi) is 5.09. The second-order valence-electron chi connectivity index (χ2n) is 7.73. The van der Waals surface area contributed by atoms with Gasteiger partial charge in [-0.05, 0) is 55.7 Å². The van der Waals surface area contributed by atoms with E-state index in [1.807, 2.05) is 13.8 Å². The molecule has 2 aromatic carbocycles. The van der Waals surface area contributed by atoms with Gasteiger partial charge in [0.05, 0.1) is 12.3 Å². The Hall–Kier alpha value is -3.15. The minimum atomic E-state index is -0.253. The van der Waals surface area contributed by atoms with Crippen LogP contribution in [0.15, 0.2) is 41.6 Å². The van der Waals surface area contributed by atoms with E-state index in [1.54, 1.807) is 12.1 Å². The number of nitrogens with zero attached hydrogens (tertiary/aromatic N) is 1. The molecule has 6 heteroatoms. The molecule has 0 radical (unpaired) electrons. The number of aromatic amines is 1. The quantitative estimate of drug-likeness (QED) is 0.677. The number of fused-ring (bicyclic) bond motifs is 1. The van der Waals surface area contributed by atoms with E-state index in [0.717, 1.165) is 33.3 Å². The van der Waals surface area contributed by atoms with Crippen LogP contribution < -0.4 is 5.32 Å². The molecule has 2 heterocycles. The average Bonchev–Trinajstić information content (AvgIpc) is 3.27. The van der Waals surface area contributed by atoms with Crippen molar-refractivity contribution in [1.29, 1.82) is 0 Å². The van der Waals surface area contributed by atoms with Crippen molar-refractivity contribution >= 4 is 22.5 Å². The largest absolute Gasteiger partial charge is 0.390 e. The Morgan fingerprint density at radius 3 is 2.76 bits per heavy atom. The Balaban J connectivity index is 1.36. The standard InChI is InChI=1S/C23H24FN3O2/c1-13-8-14(2)21-20(9-13)15(3)22(26-21)23(28)25-12-19-11-18(27-29-19)10-16-4-6-17(24)7-5-16/h4-9,19,26H,10-12H2,1-3H3,(H,25,28)/t19-/m1/s1. The molecule has 29 heavy (non-hydrogen) atoms. The lowest BCUT2D eigenvalue weighted by Crippen LogP contribution is -2.32. The summed E-state index contributed by atoms with van der Waals surface area (Å²) in [6.45, 7) is 6.43. The number of benzene rings is 2. The third-order valence-corrected chi connectivity index (χ3v) is 5.34. The summed E-state index contributed by atoms with van der Waals surface area (Å²) in [6, 6.07) is 10.6. The van der Waals surface area contributed by atoms with Crippen molar-refractivity contribution < 1.29 is 14.0 Å². The zero-order chi connectivity index (χ0) is 20.5. The monoisotopic (exact) mass is 393 g/mol. The lowest BCUT2D eigenvalue weighted by atomic mass is 10.0. The highest BCUT2D eigenvalue weighted by Gasteiger charge is 2.23. The van der Waals surface area contributed by atoms with Gasteiger partial charge in [-0.25, -0.2) is 4.39 Å². The molecule has 1 aromatic heterocycles. The number of H-pyrrole nitrogens is 1. The van der Waals surface area contributed by atoms with Crippen LogP contribution in [0.5, 0.6) is 0 Å². The van der Waals surface area contributed by atoms with E-state index >= 15 is 0 Å².